The molecule has 0 aliphatic rings. The van der Waals surface area contributed by atoms with Crippen LogP contribution in [0.4, 0.5) is 30.7 Å². The second-order valence-corrected chi connectivity index (χ2v) is 4.67. The lowest BCUT2D eigenvalue weighted by atomic mass is 9.91. The minimum absolute atomic E-state index is 0.180. The summed E-state index contributed by atoms with van der Waals surface area (Å²) in [4.78, 5) is 0. The Morgan fingerprint density at radius 2 is 1.62 bits per heavy atom. The molecule has 1 nitrogen and oxygen atoms in total. The quantitative estimate of drug-likeness (QED) is 0.773. The summed E-state index contributed by atoms with van der Waals surface area (Å²) in [5, 5.41) is 1.71. The number of nitrogens with one attached hydrogen (secondary N) is 1. The molecule has 0 saturated carbocycles. The Kier molecular flexibility index (Phi) is 5.49. The summed E-state index contributed by atoms with van der Waals surface area (Å²) in [6.07, 6.45) is -11.1. The zero-order valence-electron chi connectivity index (χ0n) is 10.6. The molecule has 1 unspecified atom stereocenters. The maximum absolute atomic E-state index is 13.2. The molecule has 1 N–H and O–H groups in total. The van der Waals surface area contributed by atoms with E-state index in [-0.39, 0.29) is 11.6 Å². The monoisotopic (exact) mass is 337 g/mol. The lowest BCUT2D eigenvalue weighted by Crippen LogP contribution is -2.46. The van der Waals surface area contributed by atoms with E-state index in [9.17, 15) is 30.7 Å². The van der Waals surface area contributed by atoms with Gasteiger partial charge in [0, 0.05) is 5.02 Å². The fraction of sp³-hybridized carbons (Fsp3) is 0.500. The van der Waals surface area contributed by atoms with Crippen molar-refractivity contribution in [3.8, 4) is 0 Å². The third-order valence-electron chi connectivity index (χ3n) is 2.76. The summed E-state index contributed by atoms with van der Waals surface area (Å²) in [6.45, 7) is 1.16. The molecule has 1 rings (SSSR count). The summed E-state index contributed by atoms with van der Waals surface area (Å²) >= 11 is 5.63. The average molecular weight is 338 g/mol. The summed E-state index contributed by atoms with van der Waals surface area (Å²) < 4.78 is 90.0. The Hall–Kier alpha value is -1.02. The first-order valence-corrected chi connectivity index (χ1v) is 6.18. The first kappa shape index (κ1) is 18.0. The Balaban J connectivity index is 3.41. The highest BCUT2D eigenvalue weighted by Crippen LogP contribution is 2.47. The summed E-state index contributed by atoms with van der Waals surface area (Å²) in [5.74, 6) is -4.66. The average Bonchev–Trinajstić information content (AvgIpc) is 2.28. The van der Waals surface area contributed by atoms with E-state index in [0.29, 0.717) is 6.07 Å². The molecule has 0 aromatic heterocycles. The minimum atomic E-state index is -5.55. The van der Waals surface area contributed by atoms with Crippen LogP contribution < -0.4 is 5.32 Å². The molecular formula is C12H11ClF7N. The molecule has 0 saturated heterocycles. The molecule has 0 amide bonds. The van der Waals surface area contributed by atoms with Gasteiger partial charge in [-0.3, -0.25) is 0 Å². The number of rotatable bonds is 4. The van der Waals surface area contributed by atoms with Gasteiger partial charge < -0.3 is 5.32 Å². The molecule has 0 aliphatic carbocycles. The second kappa shape index (κ2) is 6.39. The Morgan fingerprint density at radius 3 is 2.05 bits per heavy atom. The molecule has 0 radical (unpaired) electrons. The number of alkyl halides is 6. The van der Waals surface area contributed by atoms with E-state index in [1.807, 2.05) is 0 Å². The fourth-order valence-corrected chi connectivity index (χ4v) is 2.18. The molecule has 1 aromatic rings. The van der Waals surface area contributed by atoms with Crippen molar-refractivity contribution >= 4 is 11.6 Å². The van der Waals surface area contributed by atoms with Crippen LogP contribution in [-0.2, 0) is 0 Å². The molecule has 9 heteroatoms. The van der Waals surface area contributed by atoms with Crippen molar-refractivity contribution in [3.63, 3.8) is 0 Å². The van der Waals surface area contributed by atoms with E-state index < -0.39 is 35.7 Å². The fourth-order valence-electron chi connectivity index (χ4n) is 1.94. The molecular weight excluding hydrogens is 327 g/mol. The maximum Gasteiger partial charge on any atom is 0.402 e. The third-order valence-corrected chi connectivity index (χ3v) is 3.10. The van der Waals surface area contributed by atoms with Crippen LogP contribution in [0, 0.1) is 11.7 Å². The predicted molar refractivity (Wildman–Crippen MR) is 63.4 cm³/mol. The van der Waals surface area contributed by atoms with Gasteiger partial charge in [-0.1, -0.05) is 18.5 Å². The molecule has 0 aliphatic heterocycles. The van der Waals surface area contributed by atoms with Gasteiger partial charge in [0.1, 0.15) is 5.82 Å². The number of hydrogen-bond acceptors (Lipinski definition) is 1. The lowest BCUT2D eigenvalue weighted by Gasteiger charge is -2.32. The van der Waals surface area contributed by atoms with Crippen molar-refractivity contribution in [1.29, 1.82) is 0 Å². The lowest BCUT2D eigenvalue weighted by molar-refractivity contribution is -0.292. The van der Waals surface area contributed by atoms with Gasteiger partial charge in [-0.25, -0.2) is 4.39 Å². The van der Waals surface area contributed by atoms with E-state index in [1.54, 1.807) is 0 Å². The van der Waals surface area contributed by atoms with Crippen molar-refractivity contribution in [2.24, 2.45) is 5.92 Å². The molecule has 0 bridgehead atoms. The van der Waals surface area contributed by atoms with Crippen LogP contribution in [0.3, 0.4) is 0 Å². The van der Waals surface area contributed by atoms with Gasteiger partial charge in [0.25, 0.3) is 0 Å². The van der Waals surface area contributed by atoms with Crippen LogP contribution in [0.2, 0.25) is 5.02 Å². The highest BCUT2D eigenvalue weighted by molar-refractivity contribution is 6.31. The van der Waals surface area contributed by atoms with Gasteiger partial charge in [-0.05, 0) is 30.3 Å². The van der Waals surface area contributed by atoms with E-state index in [1.165, 1.54) is 6.92 Å². The van der Waals surface area contributed by atoms with E-state index >= 15 is 0 Å². The molecule has 1 atom stereocenters. The second-order valence-electron chi connectivity index (χ2n) is 4.26. The van der Waals surface area contributed by atoms with Gasteiger partial charge in [-0.15, -0.1) is 0 Å². The largest absolute Gasteiger partial charge is 0.402 e. The number of halogens is 8. The molecule has 0 fully saturated rings. The third kappa shape index (κ3) is 4.47. The summed E-state index contributed by atoms with van der Waals surface area (Å²) in [5.41, 5.74) is -0.585. The van der Waals surface area contributed by atoms with Crippen LogP contribution >= 0.6 is 11.6 Å². The number of hydrogen-bond donors (Lipinski definition) is 1. The van der Waals surface area contributed by atoms with E-state index in [4.69, 9.17) is 11.6 Å². The Morgan fingerprint density at radius 1 is 1.10 bits per heavy atom. The SMILES string of the molecule is CCNC(c1cc(F)ccc1Cl)C(C(F)(F)F)C(F)(F)F. The van der Waals surface area contributed by atoms with Crippen molar-refractivity contribution < 1.29 is 30.7 Å². The highest BCUT2D eigenvalue weighted by atomic mass is 35.5. The van der Waals surface area contributed by atoms with Gasteiger partial charge in [0.15, 0.2) is 5.92 Å². The zero-order chi connectivity index (χ0) is 16.4. The summed E-state index contributed by atoms with van der Waals surface area (Å²) in [6, 6.07) is 0.115. The maximum atomic E-state index is 13.2. The molecule has 120 valence electrons. The van der Waals surface area contributed by atoms with E-state index in [2.05, 4.69) is 5.32 Å². The topological polar surface area (TPSA) is 12.0 Å². The van der Waals surface area contributed by atoms with Crippen molar-refractivity contribution in [2.45, 2.75) is 25.3 Å². The zero-order valence-corrected chi connectivity index (χ0v) is 11.4. The highest BCUT2D eigenvalue weighted by Gasteiger charge is 2.60. The smallest absolute Gasteiger partial charge is 0.309 e. The Bertz CT molecular complexity index is 469. The van der Waals surface area contributed by atoms with Crippen LogP contribution in [-0.4, -0.2) is 18.9 Å². The molecule has 0 heterocycles. The van der Waals surface area contributed by atoms with Gasteiger partial charge >= 0.3 is 12.4 Å². The molecule has 0 spiro atoms. The van der Waals surface area contributed by atoms with E-state index in [0.717, 1.165) is 12.1 Å². The minimum Gasteiger partial charge on any atom is -0.309 e. The van der Waals surface area contributed by atoms with Gasteiger partial charge in [0.05, 0.1) is 6.04 Å². The molecule has 21 heavy (non-hydrogen) atoms. The first-order chi connectivity index (χ1) is 9.48. The Labute approximate surface area is 121 Å². The first-order valence-electron chi connectivity index (χ1n) is 5.80. The predicted octanol–water partition coefficient (Wildman–Crippen LogP) is 4.87. The normalized spacial score (nSPS) is 14.6. The van der Waals surface area contributed by atoms with Crippen LogP contribution in [0.5, 0.6) is 0 Å². The van der Waals surface area contributed by atoms with Crippen LogP contribution in [0.1, 0.15) is 18.5 Å². The van der Waals surface area contributed by atoms with Crippen molar-refractivity contribution in [2.75, 3.05) is 6.54 Å². The van der Waals surface area contributed by atoms with Crippen LogP contribution in [0.15, 0.2) is 18.2 Å². The number of benzene rings is 1. The standard InChI is InChI=1S/C12H11ClF7N/c1-2-21-9(7-5-6(14)3-4-8(7)13)10(11(15,16)17)12(18,19)20/h3-5,9-10,21H,2H2,1H3. The van der Waals surface area contributed by atoms with Crippen molar-refractivity contribution in [3.05, 3.63) is 34.6 Å². The van der Waals surface area contributed by atoms with Crippen LogP contribution in [0.25, 0.3) is 0 Å². The van der Waals surface area contributed by atoms with Crippen molar-refractivity contribution in [1.82, 2.24) is 5.32 Å². The summed E-state index contributed by atoms with van der Waals surface area (Å²) in [7, 11) is 0. The molecule has 1 aromatic carbocycles. The van der Waals surface area contributed by atoms with Gasteiger partial charge in [0.2, 0.25) is 0 Å². The van der Waals surface area contributed by atoms with Gasteiger partial charge in [-0.2, -0.15) is 26.3 Å².